The maximum absolute atomic E-state index is 12.8. The lowest BCUT2D eigenvalue weighted by atomic mass is 10.2. The Balaban J connectivity index is 2.27. The Bertz CT molecular complexity index is 624. The van der Waals surface area contributed by atoms with Crippen LogP contribution in [0.1, 0.15) is 15.2 Å². The number of thiazole rings is 1. The molecule has 1 aromatic heterocycles. The van der Waals surface area contributed by atoms with Crippen LogP contribution in [0.4, 0.5) is 24.0 Å². The molecule has 0 atom stereocenters. The number of ketones is 1. The number of nitrogens with zero attached hydrogens (tertiary/aromatic N) is 1. The van der Waals surface area contributed by atoms with E-state index in [1.165, 1.54) is 24.4 Å². The van der Waals surface area contributed by atoms with E-state index in [0.29, 0.717) is 4.88 Å². The molecule has 1 heterocycles. The van der Waals surface area contributed by atoms with Gasteiger partial charge in [-0.1, -0.05) is 23.5 Å². The van der Waals surface area contributed by atoms with Crippen molar-refractivity contribution in [3.63, 3.8) is 0 Å². The first kappa shape index (κ1) is 14.5. The standard InChI is InChI=1S/C12H10F3N3OS/c13-12(14,15)7-3-1-2-4-8(7)18-11-17-6-10(20-11)9(19)5-16/h1-4,6H,5,16H2,(H,17,18). The molecule has 0 spiro atoms. The number of nitrogens with two attached hydrogens (primary N) is 1. The fourth-order valence-corrected chi connectivity index (χ4v) is 2.29. The normalized spacial score (nSPS) is 11.4. The number of hydrogen-bond acceptors (Lipinski definition) is 5. The second kappa shape index (κ2) is 5.59. The predicted octanol–water partition coefficient (Wildman–Crippen LogP) is 3.05. The summed E-state index contributed by atoms with van der Waals surface area (Å²) in [5, 5.41) is 2.78. The first-order valence-corrected chi connectivity index (χ1v) is 6.36. The molecule has 3 N–H and O–H groups in total. The monoisotopic (exact) mass is 301 g/mol. The number of alkyl halides is 3. The highest BCUT2D eigenvalue weighted by Gasteiger charge is 2.33. The van der Waals surface area contributed by atoms with Gasteiger partial charge in [0.2, 0.25) is 0 Å². The van der Waals surface area contributed by atoms with Gasteiger partial charge in [0.05, 0.1) is 28.9 Å². The van der Waals surface area contributed by atoms with Crippen molar-refractivity contribution in [2.24, 2.45) is 5.73 Å². The van der Waals surface area contributed by atoms with E-state index in [0.717, 1.165) is 17.4 Å². The lowest BCUT2D eigenvalue weighted by Crippen LogP contribution is -2.11. The van der Waals surface area contributed by atoms with Crippen molar-refractivity contribution in [1.82, 2.24) is 4.98 Å². The smallest absolute Gasteiger partial charge is 0.331 e. The van der Waals surface area contributed by atoms with E-state index in [1.807, 2.05) is 0 Å². The van der Waals surface area contributed by atoms with E-state index in [2.05, 4.69) is 10.3 Å². The number of anilines is 2. The third-order valence-corrected chi connectivity index (χ3v) is 3.39. The van der Waals surface area contributed by atoms with Gasteiger partial charge in [0, 0.05) is 0 Å². The van der Waals surface area contributed by atoms with Gasteiger partial charge >= 0.3 is 6.18 Å². The van der Waals surface area contributed by atoms with Crippen LogP contribution in [0.15, 0.2) is 30.5 Å². The van der Waals surface area contributed by atoms with Crippen molar-refractivity contribution in [3.05, 3.63) is 40.9 Å². The van der Waals surface area contributed by atoms with Gasteiger partial charge in [0.25, 0.3) is 0 Å². The summed E-state index contributed by atoms with van der Waals surface area (Å²) >= 11 is 0.961. The predicted molar refractivity (Wildman–Crippen MR) is 70.2 cm³/mol. The van der Waals surface area contributed by atoms with Gasteiger partial charge in [0.15, 0.2) is 10.9 Å². The Kier molecular flexibility index (Phi) is 4.05. The van der Waals surface area contributed by atoms with Gasteiger partial charge in [-0.25, -0.2) is 4.98 Å². The molecule has 4 nitrogen and oxygen atoms in total. The van der Waals surface area contributed by atoms with E-state index in [4.69, 9.17) is 5.73 Å². The molecule has 0 aliphatic rings. The number of nitrogens with one attached hydrogen (secondary N) is 1. The number of rotatable bonds is 4. The van der Waals surface area contributed by atoms with E-state index in [-0.39, 0.29) is 23.1 Å². The van der Waals surface area contributed by atoms with Crippen LogP contribution in [0.25, 0.3) is 0 Å². The third-order valence-electron chi connectivity index (χ3n) is 2.44. The fourth-order valence-electron chi connectivity index (χ4n) is 1.52. The minimum Gasteiger partial charge on any atom is -0.331 e. The molecule has 0 bridgehead atoms. The Morgan fingerprint density at radius 3 is 2.70 bits per heavy atom. The molecule has 1 aromatic carbocycles. The zero-order valence-corrected chi connectivity index (χ0v) is 10.9. The van der Waals surface area contributed by atoms with Crippen LogP contribution in [-0.4, -0.2) is 17.3 Å². The van der Waals surface area contributed by atoms with Gasteiger partial charge in [0.1, 0.15) is 0 Å². The van der Waals surface area contributed by atoms with Crippen LogP contribution in [0.2, 0.25) is 0 Å². The molecule has 2 rings (SSSR count). The number of benzene rings is 1. The van der Waals surface area contributed by atoms with Crippen LogP contribution in [-0.2, 0) is 6.18 Å². The Morgan fingerprint density at radius 2 is 2.05 bits per heavy atom. The van der Waals surface area contributed by atoms with Crippen molar-refractivity contribution in [2.75, 3.05) is 11.9 Å². The highest BCUT2D eigenvalue weighted by Crippen LogP contribution is 2.36. The second-order valence-corrected chi connectivity index (χ2v) is 4.86. The van der Waals surface area contributed by atoms with Crippen molar-refractivity contribution in [3.8, 4) is 0 Å². The maximum atomic E-state index is 12.8. The Hall–Kier alpha value is -1.93. The summed E-state index contributed by atoms with van der Waals surface area (Å²) in [6.07, 6.45) is -3.17. The largest absolute Gasteiger partial charge is 0.418 e. The molecule has 0 fully saturated rings. The maximum Gasteiger partial charge on any atom is 0.418 e. The van der Waals surface area contributed by atoms with Crippen LogP contribution in [0.3, 0.4) is 0 Å². The minimum absolute atomic E-state index is 0.110. The average Bonchev–Trinajstić information content (AvgIpc) is 2.86. The van der Waals surface area contributed by atoms with Gasteiger partial charge in [-0.05, 0) is 12.1 Å². The molecule has 0 radical (unpaired) electrons. The van der Waals surface area contributed by atoms with Crippen molar-refractivity contribution in [2.45, 2.75) is 6.18 Å². The number of carbonyl (C=O) groups excluding carboxylic acids is 1. The zero-order chi connectivity index (χ0) is 14.8. The molecule has 0 aliphatic heterocycles. The Morgan fingerprint density at radius 1 is 1.35 bits per heavy atom. The van der Waals surface area contributed by atoms with Crippen molar-refractivity contribution < 1.29 is 18.0 Å². The number of para-hydroxylation sites is 1. The zero-order valence-electron chi connectivity index (χ0n) is 10.1. The van der Waals surface area contributed by atoms with E-state index < -0.39 is 11.7 Å². The lowest BCUT2D eigenvalue weighted by molar-refractivity contribution is -0.136. The Labute approximate surface area is 116 Å². The summed E-state index contributed by atoms with van der Waals surface area (Å²) in [7, 11) is 0. The molecule has 2 aromatic rings. The first-order chi connectivity index (χ1) is 9.41. The van der Waals surface area contributed by atoms with Crippen molar-refractivity contribution >= 4 is 27.9 Å². The summed E-state index contributed by atoms with van der Waals surface area (Å²) in [6.45, 7) is -0.166. The van der Waals surface area contributed by atoms with Gasteiger partial charge in [-0.2, -0.15) is 13.2 Å². The van der Waals surface area contributed by atoms with Crippen molar-refractivity contribution in [1.29, 1.82) is 0 Å². The molecule has 0 aliphatic carbocycles. The summed E-state index contributed by atoms with van der Waals surface area (Å²) in [5.74, 6) is -0.306. The number of hydrogen-bond donors (Lipinski definition) is 2. The molecule has 20 heavy (non-hydrogen) atoms. The molecule has 0 amide bonds. The lowest BCUT2D eigenvalue weighted by Gasteiger charge is -2.12. The summed E-state index contributed by atoms with van der Waals surface area (Å²) in [4.78, 5) is 15.5. The van der Waals surface area contributed by atoms with Crippen LogP contribution in [0.5, 0.6) is 0 Å². The van der Waals surface area contributed by atoms with Gasteiger partial charge < -0.3 is 11.1 Å². The van der Waals surface area contributed by atoms with Crippen LogP contribution >= 0.6 is 11.3 Å². The number of Topliss-reactive ketones (excluding diaryl/α,β-unsaturated/α-hetero) is 1. The highest BCUT2D eigenvalue weighted by molar-refractivity contribution is 7.17. The third kappa shape index (κ3) is 3.14. The number of aromatic nitrogens is 1. The minimum atomic E-state index is -4.46. The van der Waals surface area contributed by atoms with E-state index in [1.54, 1.807) is 0 Å². The highest BCUT2D eigenvalue weighted by atomic mass is 32.1. The topological polar surface area (TPSA) is 68.0 Å². The quantitative estimate of drug-likeness (QED) is 0.852. The molecule has 8 heteroatoms. The van der Waals surface area contributed by atoms with Crippen LogP contribution < -0.4 is 11.1 Å². The SMILES string of the molecule is NCC(=O)c1cnc(Nc2ccccc2C(F)(F)F)s1. The van der Waals surface area contributed by atoms with E-state index >= 15 is 0 Å². The molecule has 0 saturated carbocycles. The summed E-state index contributed by atoms with van der Waals surface area (Å²) in [6, 6.07) is 5.06. The average molecular weight is 301 g/mol. The van der Waals surface area contributed by atoms with Crippen LogP contribution in [0, 0.1) is 0 Å². The van der Waals surface area contributed by atoms with Gasteiger partial charge in [-0.3, -0.25) is 4.79 Å². The summed E-state index contributed by atoms with van der Waals surface area (Å²) < 4.78 is 38.4. The first-order valence-electron chi connectivity index (χ1n) is 5.54. The molecule has 0 unspecified atom stereocenters. The summed E-state index contributed by atoms with van der Waals surface area (Å²) in [5.41, 5.74) is 4.31. The molecule has 0 saturated heterocycles. The van der Waals surface area contributed by atoms with E-state index in [9.17, 15) is 18.0 Å². The fraction of sp³-hybridized carbons (Fsp3) is 0.167. The molecular formula is C12H10F3N3OS. The van der Waals surface area contributed by atoms with Gasteiger partial charge in [-0.15, -0.1) is 0 Å². The second-order valence-electron chi connectivity index (χ2n) is 3.83. The molecule has 106 valence electrons. The number of carbonyl (C=O) groups is 1. The number of halogens is 3. The molecular weight excluding hydrogens is 291 g/mol.